The average Bonchev–Trinajstić information content (AvgIpc) is 2.55. The van der Waals surface area contributed by atoms with Crippen LogP contribution >= 0.6 is 11.6 Å². The Bertz CT molecular complexity index is 912. The minimum Gasteiger partial charge on any atom is -0.383 e. The third-order valence-corrected chi connectivity index (χ3v) is 4.05. The van der Waals surface area contributed by atoms with Gasteiger partial charge in [-0.1, -0.05) is 60.1 Å². The van der Waals surface area contributed by atoms with Gasteiger partial charge in [-0.15, -0.1) is 0 Å². The van der Waals surface area contributed by atoms with Gasteiger partial charge < -0.3 is 5.73 Å². The van der Waals surface area contributed by atoms with Crippen LogP contribution in [0.4, 0.5) is 5.82 Å². The Kier molecular flexibility index (Phi) is 4.01. The Morgan fingerprint density at radius 2 is 1.65 bits per heavy atom. The molecule has 0 radical (unpaired) electrons. The number of anilines is 1. The Morgan fingerprint density at radius 1 is 1.00 bits per heavy atom. The van der Waals surface area contributed by atoms with E-state index in [1.54, 1.807) is 6.07 Å². The van der Waals surface area contributed by atoms with Gasteiger partial charge in [0.25, 0.3) is 0 Å². The molecule has 112 valence electrons. The Morgan fingerprint density at radius 3 is 2.30 bits per heavy atom. The number of nitrogens with zero attached hydrogens (tertiary/aromatic N) is 2. The lowest BCUT2D eigenvalue weighted by atomic mass is 9.90. The first-order valence-corrected chi connectivity index (χ1v) is 7.51. The van der Waals surface area contributed by atoms with E-state index >= 15 is 0 Å². The van der Waals surface area contributed by atoms with Crippen molar-refractivity contribution in [2.45, 2.75) is 6.92 Å². The standard InChI is InChI=1S/C19H14ClN3/c1-12-17(13-7-3-2-4-8-13)18(15(11-21)19(22)23-12)14-9-5-6-10-16(14)20/h2-10H,1H3,(H2,22,23). The molecule has 0 saturated carbocycles. The number of hydrogen-bond donors (Lipinski definition) is 1. The second-order valence-electron chi connectivity index (χ2n) is 5.17. The predicted octanol–water partition coefficient (Wildman–Crippen LogP) is 4.83. The monoisotopic (exact) mass is 319 g/mol. The smallest absolute Gasteiger partial charge is 0.142 e. The molecule has 3 rings (SSSR count). The maximum absolute atomic E-state index is 9.60. The summed E-state index contributed by atoms with van der Waals surface area (Å²) in [6.07, 6.45) is 0. The molecule has 23 heavy (non-hydrogen) atoms. The first kappa shape index (κ1) is 15.1. The molecule has 0 aliphatic carbocycles. The number of nitrogens with two attached hydrogens (primary N) is 1. The molecule has 0 unspecified atom stereocenters. The molecule has 0 amide bonds. The van der Waals surface area contributed by atoms with E-state index in [-0.39, 0.29) is 5.82 Å². The zero-order valence-electron chi connectivity index (χ0n) is 12.5. The van der Waals surface area contributed by atoms with Crippen molar-refractivity contribution < 1.29 is 0 Å². The molecule has 0 fully saturated rings. The van der Waals surface area contributed by atoms with Gasteiger partial charge in [-0.2, -0.15) is 5.26 Å². The molecular weight excluding hydrogens is 306 g/mol. The molecule has 2 N–H and O–H groups in total. The number of aryl methyl sites for hydroxylation is 1. The van der Waals surface area contributed by atoms with Crippen LogP contribution in [-0.2, 0) is 0 Å². The van der Waals surface area contributed by atoms with Crippen molar-refractivity contribution in [3.8, 4) is 28.3 Å². The maximum Gasteiger partial charge on any atom is 0.142 e. The first-order chi connectivity index (χ1) is 11.1. The number of benzene rings is 2. The number of rotatable bonds is 2. The van der Waals surface area contributed by atoms with Crippen LogP contribution in [-0.4, -0.2) is 4.98 Å². The van der Waals surface area contributed by atoms with Crippen LogP contribution < -0.4 is 5.73 Å². The van der Waals surface area contributed by atoms with Crippen molar-refractivity contribution in [2.75, 3.05) is 5.73 Å². The number of halogens is 1. The largest absolute Gasteiger partial charge is 0.383 e. The normalized spacial score (nSPS) is 10.3. The molecule has 3 nitrogen and oxygen atoms in total. The van der Waals surface area contributed by atoms with Crippen LogP contribution in [0.1, 0.15) is 11.3 Å². The third-order valence-electron chi connectivity index (χ3n) is 3.72. The quantitative estimate of drug-likeness (QED) is 0.735. The van der Waals surface area contributed by atoms with Crippen molar-refractivity contribution in [3.63, 3.8) is 0 Å². The van der Waals surface area contributed by atoms with Crippen molar-refractivity contribution in [3.05, 3.63) is 70.9 Å². The van der Waals surface area contributed by atoms with Gasteiger partial charge in [-0.3, -0.25) is 0 Å². The van der Waals surface area contributed by atoms with Crippen LogP contribution in [0.15, 0.2) is 54.6 Å². The predicted molar refractivity (Wildman–Crippen MR) is 94.0 cm³/mol. The zero-order valence-corrected chi connectivity index (χ0v) is 13.3. The number of nitriles is 1. The Balaban J connectivity index is 2.46. The van der Waals surface area contributed by atoms with E-state index in [1.165, 1.54) is 0 Å². The van der Waals surface area contributed by atoms with E-state index in [0.717, 1.165) is 27.9 Å². The summed E-state index contributed by atoms with van der Waals surface area (Å²) < 4.78 is 0. The lowest BCUT2D eigenvalue weighted by molar-refractivity contribution is 1.20. The summed E-state index contributed by atoms with van der Waals surface area (Å²) in [4.78, 5) is 4.35. The van der Waals surface area contributed by atoms with E-state index < -0.39 is 0 Å². The SMILES string of the molecule is Cc1nc(N)c(C#N)c(-c2ccccc2Cl)c1-c1ccccc1. The highest BCUT2D eigenvalue weighted by Crippen LogP contribution is 2.41. The first-order valence-electron chi connectivity index (χ1n) is 7.14. The molecule has 1 heterocycles. The number of hydrogen-bond acceptors (Lipinski definition) is 3. The molecule has 3 aromatic rings. The van der Waals surface area contributed by atoms with Crippen LogP contribution in [0.2, 0.25) is 5.02 Å². The summed E-state index contributed by atoms with van der Waals surface area (Å²) in [5.41, 5.74) is 10.5. The summed E-state index contributed by atoms with van der Waals surface area (Å²) in [7, 11) is 0. The van der Waals surface area contributed by atoms with Crippen LogP contribution in [0, 0.1) is 18.3 Å². The summed E-state index contributed by atoms with van der Waals surface area (Å²) in [5, 5.41) is 10.2. The molecular formula is C19H14ClN3. The van der Waals surface area contributed by atoms with Crippen LogP contribution in [0.5, 0.6) is 0 Å². The fourth-order valence-corrected chi connectivity index (χ4v) is 2.96. The average molecular weight is 320 g/mol. The Hall–Kier alpha value is -2.83. The molecule has 4 heteroatoms. The number of nitrogen functional groups attached to an aromatic ring is 1. The van der Waals surface area contributed by atoms with Gasteiger partial charge in [-0.05, 0) is 18.6 Å². The van der Waals surface area contributed by atoms with Gasteiger partial charge in [0.1, 0.15) is 17.5 Å². The van der Waals surface area contributed by atoms with Gasteiger partial charge in [0.2, 0.25) is 0 Å². The molecule has 1 aromatic heterocycles. The minimum atomic E-state index is 0.222. The highest BCUT2D eigenvalue weighted by atomic mass is 35.5. The van der Waals surface area contributed by atoms with Crippen LogP contribution in [0.3, 0.4) is 0 Å². The van der Waals surface area contributed by atoms with Gasteiger partial charge in [-0.25, -0.2) is 4.98 Å². The van der Waals surface area contributed by atoms with Crippen molar-refractivity contribution in [1.29, 1.82) is 5.26 Å². The molecule has 0 bridgehead atoms. The number of aromatic nitrogens is 1. The fourth-order valence-electron chi connectivity index (χ4n) is 2.73. The highest BCUT2D eigenvalue weighted by molar-refractivity contribution is 6.33. The van der Waals surface area contributed by atoms with Gasteiger partial charge in [0, 0.05) is 27.4 Å². The minimum absolute atomic E-state index is 0.222. The van der Waals surface area contributed by atoms with Crippen molar-refractivity contribution in [1.82, 2.24) is 4.98 Å². The summed E-state index contributed by atoms with van der Waals surface area (Å²) in [5.74, 6) is 0.222. The zero-order chi connectivity index (χ0) is 16.4. The molecule has 0 atom stereocenters. The van der Waals surface area contributed by atoms with Crippen molar-refractivity contribution in [2.24, 2.45) is 0 Å². The van der Waals surface area contributed by atoms with E-state index in [2.05, 4.69) is 11.1 Å². The van der Waals surface area contributed by atoms with Crippen molar-refractivity contribution >= 4 is 17.4 Å². The lowest BCUT2D eigenvalue weighted by Gasteiger charge is -2.17. The molecule has 0 aliphatic rings. The molecule has 0 saturated heterocycles. The Labute approximate surface area is 140 Å². The summed E-state index contributed by atoms with van der Waals surface area (Å²) in [6, 6.07) is 19.5. The molecule has 0 spiro atoms. The third kappa shape index (κ3) is 2.65. The van der Waals surface area contributed by atoms with Crippen LogP contribution in [0.25, 0.3) is 22.3 Å². The second-order valence-corrected chi connectivity index (χ2v) is 5.57. The number of pyridine rings is 1. The van der Waals surface area contributed by atoms with E-state index in [4.69, 9.17) is 17.3 Å². The van der Waals surface area contributed by atoms with Gasteiger partial charge >= 0.3 is 0 Å². The lowest BCUT2D eigenvalue weighted by Crippen LogP contribution is -2.03. The second kappa shape index (κ2) is 6.12. The van der Waals surface area contributed by atoms with E-state index in [9.17, 15) is 5.26 Å². The molecule has 0 aliphatic heterocycles. The van der Waals surface area contributed by atoms with E-state index in [1.807, 2.05) is 55.5 Å². The summed E-state index contributed by atoms with van der Waals surface area (Å²) in [6.45, 7) is 1.89. The fraction of sp³-hybridized carbons (Fsp3) is 0.0526. The molecule has 2 aromatic carbocycles. The topological polar surface area (TPSA) is 62.7 Å². The highest BCUT2D eigenvalue weighted by Gasteiger charge is 2.20. The summed E-state index contributed by atoms with van der Waals surface area (Å²) >= 11 is 6.38. The maximum atomic E-state index is 9.60. The van der Waals surface area contributed by atoms with E-state index in [0.29, 0.717) is 10.6 Å². The van der Waals surface area contributed by atoms with Gasteiger partial charge in [0.05, 0.1) is 0 Å². The van der Waals surface area contributed by atoms with Gasteiger partial charge in [0.15, 0.2) is 0 Å².